The van der Waals surface area contributed by atoms with Crippen LogP contribution in [0.3, 0.4) is 0 Å². The van der Waals surface area contributed by atoms with Gasteiger partial charge in [-0.1, -0.05) is 0 Å². The van der Waals surface area contributed by atoms with Crippen LogP contribution in [0, 0.1) is 11.3 Å². The minimum absolute atomic E-state index is 0.0228. The van der Waals surface area contributed by atoms with Crippen molar-refractivity contribution in [3.05, 3.63) is 29.8 Å². The summed E-state index contributed by atoms with van der Waals surface area (Å²) in [7, 11) is 1.84. The second kappa shape index (κ2) is 6.54. The fraction of sp³-hybridized carbons (Fsp3) is 0.385. The first-order chi connectivity index (χ1) is 8.22. The Morgan fingerprint density at radius 3 is 2.53 bits per heavy atom. The van der Waals surface area contributed by atoms with Crippen molar-refractivity contribution in [2.24, 2.45) is 0 Å². The Balaban J connectivity index is 2.75. The van der Waals surface area contributed by atoms with Gasteiger partial charge in [0, 0.05) is 31.4 Å². The van der Waals surface area contributed by atoms with Gasteiger partial charge >= 0.3 is 0 Å². The van der Waals surface area contributed by atoms with Crippen molar-refractivity contribution in [1.82, 2.24) is 4.90 Å². The highest BCUT2D eigenvalue weighted by atomic mass is 16.2. The van der Waals surface area contributed by atoms with Crippen molar-refractivity contribution >= 4 is 11.6 Å². The molecule has 0 aliphatic rings. The van der Waals surface area contributed by atoms with E-state index in [2.05, 4.69) is 11.4 Å². The van der Waals surface area contributed by atoms with Gasteiger partial charge < -0.3 is 10.2 Å². The molecule has 0 saturated carbocycles. The van der Waals surface area contributed by atoms with E-state index < -0.39 is 0 Å². The molecule has 0 unspecified atom stereocenters. The smallest absolute Gasteiger partial charge is 0.253 e. The van der Waals surface area contributed by atoms with E-state index in [9.17, 15) is 4.79 Å². The first-order valence-electron chi connectivity index (χ1n) is 5.67. The largest absolute Gasteiger partial charge is 0.388 e. The van der Waals surface area contributed by atoms with Crippen LogP contribution in [0.25, 0.3) is 0 Å². The molecule has 4 heteroatoms. The predicted octanol–water partition coefficient (Wildman–Crippen LogP) is 2.10. The third-order valence-corrected chi connectivity index (χ3v) is 2.58. The Morgan fingerprint density at radius 2 is 2.06 bits per heavy atom. The van der Waals surface area contributed by atoms with Gasteiger partial charge in [0.05, 0.1) is 12.5 Å². The van der Waals surface area contributed by atoms with Crippen molar-refractivity contribution in [1.29, 1.82) is 5.26 Å². The number of rotatable bonds is 5. The summed E-state index contributed by atoms with van der Waals surface area (Å²) < 4.78 is 0. The lowest BCUT2D eigenvalue weighted by atomic mass is 10.1. The molecule has 1 amide bonds. The predicted molar refractivity (Wildman–Crippen MR) is 67.8 cm³/mol. The highest BCUT2D eigenvalue weighted by molar-refractivity contribution is 5.94. The number of anilines is 1. The molecule has 1 rings (SSSR count). The van der Waals surface area contributed by atoms with Gasteiger partial charge in [-0.3, -0.25) is 4.79 Å². The van der Waals surface area contributed by atoms with Crippen LogP contribution in [-0.2, 0) is 0 Å². The van der Waals surface area contributed by atoms with Crippen LogP contribution >= 0.6 is 0 Å². The fourth-order valence-corrected chi connectivity index (χ4v) is 1.55. The number of carbonyl (C=O) groups excluding carboxylic acids is 1. The van der Waals surface area contributed by atoms with Crippen LogP contribution in [0.5, 0.6) is 0 Å². The molecule has 0 aromatic heterocycles. The lowest BCUT2D eigenvalue weighted by Crippen LogP contribution is -2.31. The molecule has 0 spiro atoms. The van der Waals surface area contributed by atoms with Crippen molar-refractivity contribution in [3.8, 4) is 6.07 Å². The van der Waals surface area contributed by atoms with Gasteiger partial charge in [-0.05, 0) is 31.2 Å². The standard InChI is InChI=1S/C13H17N3O/c1-3-16(10-4-9-14)13(17)11-5-7-12(15-2)8-6-11/h5-8,15H,3-4,10H2,1-2H3. The van der Waals surface area contributed by atoms with Gasteiger partial charge in [0.1, 0.15) is 0 Å². The zero-order valence-corrected chi connectivity index (χ0v) is 10.2. The summed E-state index contributed by atoms with van der Waals surface area (Å²) in [6.07, 6.45) is 0.369. The van der Waals surface area contributed by atoms with E-state index in [4.69, 9.17) is 5.26 Å². The third-order valence-electron chi connectivity index (χ3n) is 2.58. The minimum atomic E-state index is -0.0228. The summed E-state index contributed by atoms with van der Waals surface area (Å²) in [5.74, 6) is -0.0228. The maximum absolute atomic E-state index is 12.1. The van der Waals surface area contributed by atoms with E-state index in [1.54, 1.807) is 17.0 Å². The number of carbonyl (C=O) groups is 1. The topological polar surface area (TPSA) is 56.1 Å². The van der Waals surface area contributed by atoms with Crippen molar-refractivity contribution < 1.29 is 4.79 Å². The number of hydrogen-bond donors (Lipinski definition) is 1. The van der Waals surface area contributed by atoms with Gasteiger partial charge in [-0.15, -0.1) is 0 Å². The van der Waals surface area contributed by atoms with Crippen LogP contribution in [0.2, 0.25) is 0 Å². The average molecular weight is 231 g/mol. The van der Waals surface area contributed by atoms with Crippen LogP contribution in [0.4, 0.5) is 5.69 Å². The number of hydrogen-bond acceptors (Lipinski definition) is 3. The Labute approximate surface area is 102 Å². The molecule has 0 atom stereocenters. The molecular formula is C13H17N3O. The zero-order chi connectivity index (χ0) is 12.7. The number of nitriles is 1. The molecule has 1 aromatic carbocycles. The van der Waals surface area contributed by atoms with Crippen LogP contribution in [-0.4, -0.2) is 30.9 Å². The van der Waals surface area contributed by atoms with Crippen molar-refractivity contribution in [2.75, 3.05) is 25.5 Å². The van der Waals surface area contributed by atoms with E-state index in [0.29, 0.717) is 25.1 Å². The molecule has 1 N–H and O–H groups in total. The molecule has 0 radical (unpaired) electrons. The summed E-state index contributed by atoms with van der Waals surface area (Å²) in [6.45, 7) is 3.02. The van der Waals surface area contributed by atoms with Crippen LogP contribution in [0.15, 0.2) is 24.3 Å². The number of amides is 1. The molecule has 90 valence electrons. The Hall–Kier alpha value is -2.02. The molecule has 0 heterocycles. The zero-order valence-electron chi connectivity index (χ0n) is 10.2. The maximum atomic E-state index is 12.1. The SMILES string of the molecule is CCN(CCC#N)C(=O)c1ccc(NC)cc1. The van der Waals surface area contributed by atoms with Crippen LogP contribution in [0.1, 0.15) is 23.7 Å². The highest BCUT2D eigenvalue weighted by Crippen LogP contribution is 2.11. The summed E-state index contributed by atoms with van der Waals surface area (Å²) >= 11 is 0. The fourth-order valence-electron chi connectivity index (χ4n) is 1.55. The quantitative estimate of drug-likeness (QED) is 0.844. The summed E-state index contributed by atoms with van der Waals surface area (Å²) in [5, 5.41) is 11.5. The number of nitrogens with one attached hydrogen (secondary N) is 1. The van der Waals surface area contributed by atoms with Crippen molar-refractivity contribution in [2.45, 2.75) is 13.3 Å². The van der Waals surface area contributed by atoms with Gasteiger partial charge in [-0.25, -0.2) is 0 Å². The van der Waals surface area contributed by atoms with E-state index >= 15 is 0 Å². The molecule has 0 saturated heterocycles. The molecule has 0 aliphatic carbocycles. The molecule has 17 heavy (non-hydrogen) atoms. The average Bonchev–Trinajstić information content (AvgIpc) is 2.39. The van der Waals surface area contributed by atoms with E-state index in [-0.39, 0.29) is 5.91 Å². The second-order valence-electron chi connectivity index (χ2n) is 3.62. The maximum Gasteiger partial charge on any atom is 0.253 e. The summed E-state index contributed by atoms with van der Waals surface area (Å²) in [5.41, 5.74) is 1.63. The monoisotopic (exact) mass is 231 g/mol. The lowest BCUT2D eigenvalue weighted by molar-refractivity contribution is 0.0768. The molecular weight excluding hydrogens is 214 g/mol. The van der Waals surface area contributed by atoms with E-state index in [0.717, 1.165) is 5.69 Å². The second-order valence-corrected chi connectivity index (χ2v) is 3.62. The summed E-state index contributed by atoms with van der Waals surface area (Å²) in [6, 6.07) is 9.38. The van der Waals surface area contributed by atoms with Gasteiger partial charge in [0.2, 0.25) is 0 Å². The minimum Gasteiger partial charge on any atom is -0.388 e. The molecule has 0 fully saturated rings. The highest BCUT2D eigenvalue weighted by Gasteiger charge is 2.13. The van der Waals surface area contributed by atoms with Gasteiger partial charge in [0.25, 0.3) is 5.91 Å². The Bertz CT molecular complexity index is 406. The summed E-state index contributed by atoms with van der Waals surface area (Å²) in [4.78, 5) is 13.8. The molecule has 4 nitrogen and oxygen atoms in total. The normalized spacial score (nSPS) is 9.47. The number of nitrogens with zero attached hydrogens (tertiary/aromatic N) is 2. The number of benzene rings is 1. The molecule has 1 aromatic rings. The van der Waals surface area contributed by atoms with E-state index in [1.807, 2.05) is 26.1 Å². The molecule has 0 aliphatic heterocycles. The first kappa shape index (κ1) is 13.0. The van der Waals surface area contributed by atoms with Crippen molar-refractivity contribution in [3.63, 3.8) is 0 Å². The molecule has 0 bridgehead atoms. The third kappa shape index (κ3) is 3.49. The van der Waals surface area contributed by atoms with Gasteiger partial charge in [0.15, 0.2) is 0 Å². The van der Waals surface area contributed by atoms with Gasteiger partial charge in [-0.2, -0.15) is 5.26 Å². The van der Waals surface area contributed by atoms with Crippen LogP contribution < -0.4 is 5.32 Å². The first-order valence-corrected chi connectivity index (χ1v) is 5.67. The Kier molecular flexibility index (Phi) is 5.02. The van der Waals surface area contributed by atoms with E-state index in [1.165, 1.54) is 0 Å². The Morgan fingerprint density at radius 1 is 1.41 bits per heavy atom. The lowest BCUT2D eigenvalue weighted by Gasteiger charge is -2.19.